The van der Waals surface area contributed by atoms with Crippen LogP contribution in [0.3, 0.4) is 0 Å². The summed E-state index contributed by atoms with van der Waals surface area (Å²) in [5.41, 5.74) is 2.57. The molecule has 0 atom stereocenters. The topological polar surface area (TPSA) is 46.2 Å². The first-order valence-electron chi connectivity index (χ1n) is 6.07. The summed E-state index contributed by atoms with van der Waals surface area (Å²) in [6, 6.07) is 9.24. The second-order valence-corrected chi connectivity index (χ2v) is 5.13. The molecule has 0 aliphatic carbocycles. The molecule has 0 bridgehead atoms. The second-order valence-electron chi connectivity index (χ2n) is 4.35. The Hall–Kier alpha value is -1.94. The number of thiophene rings is 1. The van der Waals surface area contributed by atoms with Crippen molar-refractivity contribution < 1.29 is 9.59 Å². The number of aryl methyl sites for hydroxylation is 1. The smallest absolute Gasteiger partial charge is 0.224 e. The number of hydrogen-bond donors (Lipinski definition) is 1. The zero-order valence-electron chi connectivity index (χ0n) is 10.7. The fourth-order valence-electron chi connectivity index (χ4n) is 1.67. The molecular formula is C15H15NO2S. The summed E-state index contributed by atoms with van der Waals surface area (Å²) in [7, 11) is 0. The van der Waals surface area contributed by atoms with Crippen LogP contribution in [0, 0.1) is 6.92 Å². The maximum atomic E-state index is 11.9. The van der Waals surface area contributed by atoms with Gasteiger partial charge >= 0.3 is 0 Å². The van der Waals surface area contributed by atoms with E-state index in [0.717, 1.165) is 11.3 Å². The standard InChI is InChI=1S/C15H15NO2S/c1-11-2-4-12(5-3-11)14(17)6-7-15(18)16-13-8-9-19-10-13/h2-5,8-10H,6-7H2,1H3,(H,16,18). The fraction of sp³-hybridized carbons (Fsp3) is 0.200. The maximum absolute atomic E-state index is 11.9. The van der Waals surface area contributed by atoms with Gasteiger partial charge in [-0.1, -0.05) is 29.8 Å². The van der Waals surface area contributed by atoms with Gasteiger partial charge in [-0.25, -0.2) is 0 Å². The van der Waals surface area contributed by atoms with Gasteiger partial charge < -0.3 is 5.32 Å². The molecule has 1 aromatic heterocycles. The number of hydrogen-bond acceptors (Lipinski definition) is 3. The lowest BCUT2D eigenvalue weighted by Gasteiger charge is -2.03. The van der Waals surface area contributed by atoms with E-state index in [9.17, 15) is 9.59 Å². The van der Waals surface area contributed by atoms with E-state index < -0.39 is 0 Å². The Morgan fingerprint density at radius 3 is 2.47 bits per heavy atom. The highest BCUT2D eigenvalue weighted by Gasteiger charge is 2.09. The Morgan fingerprint density at radius 1 is 1.11 bits per heavy atom. The lowest BCUT2D eigenvalue weighted by atomic mass is 10.1. The number of benzene rings is 1. The van der Waals surface area contributed by atoms with Crippen LogP contribution in [0.4, 0.5) is 5.69 Å². The molecule has 4 heteroatoms. The van der Waals surface area contributed by atoms with Crippen molar-refractivity contribution in [3.63, 3.8) is 0 Å². The molecule has 1 heterocycles. The van der Waals surface area contributed by atoms with Crippen LogP contribution < -0.4 is 5.32 Å². The van der Waals surface area contributed by atoms with Crippen LogP contribution in [0.15, 0.2) is 41.1 Å². The van der Waals surface area contributed by atoms with E-state index in [1.165, 1.54) is 11.3 Å². The van der Waals surface area contributed by atoms with E-state index in [1.807, 2.05) is 35.9 Å². The van der Waals surface area contributed by atoms with Gasteiger partial charge in [0.15, 0.2) is 5.78 Å². The third-order valence-electron chi connectivity index (χ3n) is 2.76. The number of Topliss-reactive ketones (excluding diaryl/α,β-unsaturated/α-hetero) is 1. The molecule has 0 fully saturated rings. The molecule has 0 spiro atoms. The van der Waals surface area contributed by atoms with Gasteiger partial charge in [-0.15, -0.1) is 0 Å². The quantitative estimate of drug-likeness (QED) is 0.845. The first-order chi connectivity index (χ1) is 9.15. The van der Waals surface area contributed by atoms with Crippen LogP contribution in [0.2, 0.25) is 0 Å². The molecule has 0 saturated heterocycles. The Bertz CT molecular complexity index is 558. The first kappa shape index (κ1) is 13.5. The van der Waals surface area contributed by atoms with Crippen molar-refractivity contribution in [2.45, 2.75) is 19.8 Å². The van der Waals surface area contributed by atoms with Gasteiger partial charge in [0.25, 0.3) is 0 Å². The maximum Gasteiger partial charge on any atom is 0.224 e. The van der Waals surface area contributed by atoms with Gasteiger partial charge in [-0.05, 0) is 18.4 Å². The lowest BCUT2D eigenvalue weighted by molar-refractivity contribution is -0.116. The highest BCUT2D eigenvalue weighted by atomic mass is 32.1. The van der Waals surface area contributed by atoms with Crippen molar-refractivity contribution >= 4 is 28.7 Å². The van der Waals surface area contributed by atoms with Gasteiger partial charge in [0.05, 0.1) is 5.69 Å². The Kier molecular flexibility index (Phi) is 4.47. The van der Waals surface area contributed by atoms with E-state index in [-0.39, 0.29) is 24.5 Å². The van der Waals surface area contributed by atoms with Crippen LogP contribution in [-0.2, 0) is 4.79 Å². The van der Waals surface area contributed by atoms with Crippen molar-refractivity contribution in [1.82, 2.24) is 0 Å². The number of nitrogens with one attached hydrogen (secondary N) is 1. The molecule has 98 valence electrons. The number of anilines is 1. The van der Waals surface area contributed by atoms with Gasteiger partial charge in [0.1, 0.15) is 0 Å². The van der Waals surface area contributed by atoms with Gasteiger partial charge in [0, 0.05) is 23.8 Å². The van der Waals surface area contributed by atoms with E-state index in [1.54, 1.807) is 12.1 Å². The van der Waals surface area contributed by atoms with Gasteiger partial charge in [-0.2, -0.15) is 11.3 Å². The number of carbonyl (C=O) groups excluding carboxylic acids is 2. The zero-order chi connectivity index (χ0) is 13.7. The van der Waals surface area contributed by atoms with Crippen LogP contribution in [-0.4, -0.2) is 11.7 Å². The highest BCUT2D eigenvalue weighted by molar-refractivity contribution is 7.08. The van der Waals surface area contributed by atoms with Crippen LogP contribution in [0.5, 0.6) is 0 Å². The summed E-state index contributed by atoms with van der Waals surface area (Å²) >= 11 is 1.52. The monoisotopic (exact) mass is 273 g/mol. The van der Waals surface area contributed by atoms with Crippen LogP contribution in [0.1, 0.15) is 28.8 Å². The minimum absolute atomic E-state index is 0.000434. The molecule has 2 rings (SSSR count). The Morgan fingerprint density at radius 2 is 1.84 bits per heavy atom. The van der Waals surface area contributed by atoms with E-state index in [0.29, 0.717) is 5.56 Å². The predicted molar refractivity (Wildman–Crippen MR) is 77.7 cm³/mol. The molecule has 0 saturated carbocycles. The molecule has 0 radical (unpaired) electrons. The third kappa shape index (κ3) is 4.03. The molecule has 1 aromatic carbocycles. The number of rotatable bonds is 5. The average Bonchev–Trinajstić information content (AvgIpc) is 2.89. The first-order valence-corrected chi connectivity index (χ1v) is 7.01. The molecule has 1 amide bonds. The van der Waals surface area contributed by atoms with E-state index in [4.69, 9.17) is 0 Å². The van der Waals surface area contributed by atoms with Crippen molar-refractivity contribution in [2.75, 3.05) is 5.32 Å². The Labute approximate surface area is 116 Å². The van der Waals surface area contributed by atoms with E-state index >= 15 is 0 Å². The molecule has 0 unspecified atom stereocenters. The Balaban J connectivity index is 1.83. The van der Waals surface area contributed by atoms with Gasteiger partial charge in [0.2, 0.25) is 5.91 Å². The molecule has 3 nitrogen and oxygen atoms in total. The summed E-state index contributed by atoms with van der Waals surface area (Å²) in [4.78, 5) is 23.5. The number of amides is 1. The normalized spacial score (nSPS) is 10.2. The summed E-state index contributed by atoms with van der Waals surface area (Å²) in [5.74, 6) is -0.126. The average molecular weight is 273 g/mol. The van der Waals surface area contributed by atoms with Crippen LogP contribution in [0.25, 0.3) is 0 Å². The van der Waals surface area contributed by atoms with Crippen molar-refractivity contribution in [3.05, 3.63) is 52.2 Å². The van der Waals surface area contributed by atoms with Gasteiger partial charge in [-0.3, -0.25) is 9.59 Å². The summed E-state index contributed by atoms with van der Waals surface area (Å²) in [6.07, 6.45) is 0.446. The molecule has 2 aromatic rings. The molecule has 0 aliphatic rings. The van der Waals surface area contributed by atoms with Crippen molar-refractivity contribution in [1.29, 1.82) is 0 Å². The SMILES string of the molecule is Cc1ccc(C(=O)CCC(=O)Nc2ccsc2)cc1. The fourth-order valence-corrected chi connectivity index (χ4v) is 2.26. The van der Waals surface area contributed by atoms with Crippen molar-refractivity contribution in [3.8, 4) is 0 Å². The minimum atomic E-state index is -0.126. The summed E-state index contributed by atoms with van der Waals surface area (Å²) < 4.78 is 0. The summed E-state index contributed by atoms with van der Waals surface area (Å²) in [6.45, 7) is 1.97. The predicted octanol–water partition coefficient (Wildman–Crippen LogP) is 3.66. The van der Waals surface area contributed by atoms with E-state index in [2.05, 4.69) is 5.32 Å². The minimum Gasteiger partial charge on any atom is -0.325 e. The second kappa shape index (κ2) is 6.29. The molecule has 0 aliphatic heterocycles. The third-order valence-corrected chi connectivity index (χ3v) is 3.44. The number of ketones is 1. The van der Waals surface area contributed by atoms with Crippen LogP contribution >= 0.6 is 11.3 Å². The highest BCUT2D eigenvalue weighted by Crippen LogP contribution is 2.13. The summed E-state index contributed by atoms with van der Waals surface area (Å²) in [5, 5.41) is 6.51. The van der Waals surface area contributed by atoms with Crippen molar-refractivity contribution in [2.24, 2.45) is 0 Å². The molecule has 1 N–H and O–H groups in total. The largest absolute Gasteiger partial charge is 0.325 e. The number of carbonyl (C=O) groups is 2. The zero-order valence-corrected chi connectivity index (χ0v) is 11.5. The lowest BCUT2D eigenvalue weighted by Crippen LogP contribution is -2.13. The molecule has 19 heavy (non-hydrogen) atoms. The molecular weight excluding hydrogens is 258 g/mol.